The zero-order valence-electron chi connectivity index (χ0n) is 18.2. The van der Waals surface area contributed by atoms with Crippen molar-refractivity contribution >= 4 is 5.91 Å². The number of nitrogens with one attached hydrogen (secondary N) is 1. The van der Waals surface area contributed by atoms with Crippen LogP contribution in [-0.2, 0) is 17.8 Å². The molecule has 2 heterocycles. The molecular formula is C24H28N4O3. The minimum atomic E-state index is -0.206. The summed E-state index contributed by atoms with van der Waals surface area (Å²) in [5.41, 5.74) is 4.18. The fourth-order valence-corrected chi connectivity index (χ4v) is 4.09. The number of benzene rings is 2. The predicted molar refractivity (Wildman–Crippen MR) is 118 cm³/mol. The maximum atomic E-state index is 13.3. The Morgan fingerprint density at radius 2 is 1.74 bits per heavy atom. The number of likely N-dealkylation sites (N-methyl/N-ethyl adjacent to an activating group) is 1. The minimum absolute atomic E-state index is 0.0884. The lowest BCUT2D eigenvalue weighted by Crippen LogP contribution is -2.45. The van der Waals surface area contributed by atoms with Crippen molar-refractivity contribution in [3.8, 4) is 11.5 Å². The van der Waals surface area contributed by atoms with Crippen LogP contribution in [0.5, 0.6) is 11.5 Å². The van der Waals surface area contributed by atoms with E-state index in [-0.39, 0.29) is 11.9 Å². The number of H-pyrrole nitrogens is 1. The maximum Gasteiger partial charge on any atom is 0.237 e. The lowest BCUT2D eigenvalue weighted by atomic mass is 9.95. The molecule has 0 bridgehead atoms. The van der Waals surface area contributed by atoms with Gasteiger partial charge in [-0.1, -0.05) is 24.3 Å². The second-order valence-electron chi connectivity index (χ2n) is 7.80. The number of ether oxygens (including phenoxy) is 2. The highest BCUT2D eigenvalue weighted by Gasteiger charge is 2.34. The highest BCUT2D eigenvalue weighted by molar-refractivity contribution is 5.79. The first-order valence-corrected chi connectivity index (χ1v) is 10.4. The van der Waals surface area contributed by atoms with E-state index >= 15 is 0 Å². The number of rotatable bonds is 7. The third-order valence-corrected chi connectivity index (χ3v) is 5.69. The second kappa shape index (κ2) is 9.22. The van der Waals surface area contributed by atoms with E-state index in [0.29, 0.717) is 19.6 Å². The van der Waals surface area contributed by atoms with Crippen LogP contribution in [0.3, 0.4) is 0 Å². The number of hydrogen-bond acceptors (Lipinski definition) is 5. The van der Waals surface area contributed by atoms with Gasteiger partial charge in [0.25, 0.3) is 0 Å². The van der Waals surface area contributed by atoms with E-state index in [9.17, 15) is 4.79 Å². The molecule has 0 fully saturated rings. The van der Waals surface area contributed by atoms with E-state index in [1.54, 1.807) is 20.5 Å². The molecular weight excluding hydrogens is 392 g/mol. The van der Waals surface area contributed by atoms with Gasteiger partial charge >= 0.3 is 0 Å². The van der Waals surface area contributed by atoms with Gasteiger partial charge in [-0.05, 0) is 42.4 Å². The van der Waals surface area contributed by atoms with Gasteiger partial charge in [0, 0.05) is 25.2 Å². The molecule has 3 aromatic rings. The largest absolute Gasteiger partial charge is 0.497 e. The van der Waals surface area contributed by atoms with Crippen molar-refractivity contribution in [3.63, 3.8) is 0 Å². The zero-order chi connectivity index (χ0) is 21.8. The molecule has 0 saturated carbocycles. The zero-order valence-corrected chi connectivity index (χ0v) is 18.2. The quantitative estimate of drug-likeness (QED) is 0.636. The first-order chi connectivity index (χ1) is 15.1. The number of methoxy groups -OCH3 is 2. The number of amides is 1. The van der Waals surface area contributed by atoms with Crippen LogP contribution >= 0.6 is 0 Å². The van der Waals surface area contributed by atoms with Crippen LogP contribution < -0.4 is 9.47 Å². The molecule has 0 aliphatic carbocycles. The lowest BCUT2D eigenvalue weighted by molar-refractivity contribution is -0.134. The van der Waals surface area contributed by atoms with Crippen molar-refractivity contribution in [1.82, 2.24) is 19.8 Å². The molecule has 0 spiro atoms. The van der Waals surface area contributed by atoms with E-state index in [2.05, 4.69) is 9.97 Å². The first-order valence-electron chi connectivity index (χ1n) is 10.4. The molecule has 7 heteroatoms. The van der Waals surface area contributed by atoms with E-state index in [1.165, 1.54) is 0 Å². The summed E-state index contributed by atoms with van der Waals surface area (Å²) in [6, 6.07) is 15.6. The van der Waals surface area contributed by atoms with Crippen molar-refractivity contribution in [2.75, 3.05) is 34.4 Å². The Hall–Kier alpha value is -3.32. The maximum absolute atomic E-state index is 13.3. The number of carbonyl (C=O) groups excluding carboxylic acids is 1. The Labute approximate surface area is 182 Å². The predicted octanol–water partition coefficient (Wildman–Crippen LogP) is 3.03. The normalized spacial score (nSPS) is 15.6. The van der Waals surface area contributed by atoms with Crippen molar-refractivity contribution in [1.29, 1.82) is 0 Å². The Morgan fingerprint density at radius 3 is 2.39 bits per heavy atom. The van der Waals surface area contributed by atoms with Crippen LogP contribution in [0.4, 0.5) is 0 Å². The molecule has 0 radical (unpaired) electrons. The average Bonchev–Trinajstić information content (AvgIpc) is 3.28. The molecule has 4 rings (SSSR count). The number of aromatic nitrogens is 2. The van der Waals surface area contributed by atoms with E-state index in [4.69, 9.17) is 9.47 Å². The molecule has 1 aromatic heterocycles. The molecule has 0 unspecified atom stereocenters. The van der Waals surface area contributed by atoms with Crippen LogP contribution in [0, 0.1) is 0 Å². The SMILES string of the molecule is COc1ccc(CN(C)CC(=O)N2CCc3[nH]cnc3[C@H]2c2ccc(OC)cc2)cc1. The molecule has 1 aliphatic heterocycles. The summed E-state index contributed by atoms with van der Waals surface area (Å²) in [7, 11) is 5.27. The monoisotopic (exact) mass is 420 g/mol. The summed E-state index contributed by atoms with van der Waals surface area (Å²) in [5.74, 6) is 1.71. The van der Waals surface area contributed by atoms with Gasteiger partial charge in [0.05, 0.1) is 32.8 Å². The molecule has 0 saturated heterocycles. The summed E-state index contributed by atoms with van der Waals surface area (Å²) in [5, 5.41) is 0. The topological polar surface area (TPSA) is 70.7 Å². The van der Waals surface area contributed by atoms with Crippen molar-refractivity contribution in [2.24, 2.45) is 0 Å². The van der Waals surface area contributed by atoms with Crippen LogP contribution in [0.25, 0.3) is 0 Å². The number of hydrogen-bond donors (Lipinski definition) is 1. The summed E-state index contributed by atoms with van der Waals surface area (Å²) in [6.45, 7) is 1.67. The summed E-state index contributed by atoms with van der Waals surface area (Å²) >= 11 is 0. The average molecular weight is 421 g/mol. The van der Waals surface area contributed by atoms with Crippen molar-refractivity contribution in [2.45, 2.75) is 19.0 Å². The van der Waals surface area contributed by atoms with Gasteiger partial charge in [-0.25, -0.2) is 4.98 Å². The van der Waals surface area contributed by atoms with Crippen LogP contribution in [0.15, 0.2) is 54.9 Å². The number of nitrogens with zero attached hydrogens (tertiary/aromatic N) is 3. The van der Waals surface area contributed by atoms with Gasteiger partial charge in [0.1, 0.15) is 17.5 Å². The fourth-order valence-electron chi connectivity index (χ4n) is 4.09. The Bertz CT molecular complexity index is 1010. The van der Waals surface area contributed by atoms with Gasteiger partial charge in [-0.3, -0.25) is 9.69 Å². The highest BCUT2D eigenvalue weighted by atomic mass is 16.5. The number of aromatic amines is 1. The smallest absolute Gasteiger partial charge is 0.237 e. The Morgan fingerprint density at radius 1 is 1.10 bits per heavy atom. The van der Waals surface area contributed by atoms with E-state index < -0.39 is 0 Å². The first kappa shape index (κ1) is 20.9. The molecule has 1 N–H and O–H groups in total. The van der Waals surface area contributed by atoms with Gasteiger partial charge in [0.15, 0.2) is 0 Å². The molecule has 31 heavy (non-hydrogen) atoms. The number of imidazole rings is 1. The Kier molecular flexibility index (Phi) is 6.23. The summed E-state index contributed by atoms with van der Waals surface area (Å²) < 4.78 is 10.5. The third-order valence-electron chi connectivity index (χ3n) is 5.69. The molecule has 1 aliphatic rings. The van der Waals surface area contributed by atoms with Crippen molar-refractivity contribution in [3.05, 3.63) is 77.4 Å². The van der Waals surface area contributed by atoms with Crippen LogP contribution in [-0.4, -0.2) is 60.0 Å². The van der Waals surface area contributed by atoms with Gasteiger partial charge < -0.3 is 19.4 Å². The van der Waals surface area contributed by atoms with Crippen molar-refractivity contribution < 1.29 is 14.3 Å². The van der Waals surface area contributed by atoms with Crippen LogP contribution in [0.1, 0.15) is 28.6 Å². The summed E-state index contributed by atoms with van der Waals surface area (Å²) in [4.78, 5) is 25.1. The third kappa shape index (κ3) is 4.56. The molecule has 162 valence electrons. The van der Waals surface area contributed by atoms with E-state index in [1.807, 2.05) is 65.4 Å². The van der Waals surface area contributed by atoms with Crippen LogP contribution in [0.2, 0.25) is 0 Å². The Balaban J connectivity index is 1.50. The fraction of sp³-hybridized carbons (Fsp3) is 0.333. The second-order valence-corrected chi connectivity index (χ2v) is 7.80. The van der Waals surface area contributed by atoms with Gasteiger partial charge in [-0.15, -0.1) is 0 Å². The highest BCUT2D eigenvalue weighted by Crippen LogP contribution is 2.34. The van der Waals surface area contributed by atoms with E-state index in [0.717, 1.165) is 40.4 Å². The molecule has 1 amide bonds. The number of carbonyl (C=O) groups is 1. The number of fused-ring (bicyclic) bond motifs is 1. The molecule has 7 nitrogen and oxygen atoms in total. The van der Waals surface area contributed by atoms with Gasteiger partial charge in [0.2, 0.25) is 5.91 Å². The molecule has 1 atom stereocenters. The minimum Gasteiger partial charge on any atom is -0.497 e. The molecule has 2 aromatic carbocycles. The summed E-state index contributed by atoms with van der Waals surface area (Å²) in [6.07, 6.45) is 2.49. The van der Waals surface area contributed by atoms with Gasteiger partial charge in [-0.2, -0.15) is 0 Å². The lowest BCUT2D eigenvalue weighted by Gasteiger charge is -2.36. The standard InChI is InChI=1S/C24H28N4O3/c1-27(14-17-4-8-19(30-2)9-5-17)15-22(29)28-13-12-21-23(26-16-25-21)24(28)18-6-10-20(31-3)11-7-18/h4-11,16,24H,12-15H2,1-3H3,(H,25,26)/t24-/m1/s1.